The molecule has 0 aromatic heterocycles. The molecule has 4 rings (SSSR count). The Morgan fingerprint density at radius 2 is 1.79 bits per heavy atom. The Kier molecular flexibility index (Phi) is 7.05. The topological polar surface area (TPSA) is 120 Å². The Labute approximate surface area is 197 Å². The zero-order valence-corrected chi connectivity index (χ0v) is 19.7. The van der Waals surface area contributed by atoms with Crippen molar-refractivity contribution in [2.24, 2.45) is 0 Å². The Morgan fingerprint density at radius 3 is 2.56 bits per heavy atom. The van der Waals surface area contributed by atoms with Gasteiger partial charge in [0.1, 0.15) is 0 Å². The van der Waals surface area contributed by atoms with Gasteiger partial charge in [0.05, 0.1) is 22.7 Å². The molecule has 2 aliphatic heterocycles. The molecule has 0 bridgehead atoms. The van der Waals surface area contributed by atoms with Crippen molar-refractivity contribution < 1.29 is 37.0 Å². The first-order valence-corrected chi connectivity index (χ1v) is 12.2. The lowest BCUT2D eigenvalue weighted by Crippen LogP contribution is -2.48. The summed E-state index contributed by atoms with van der Waals surface area (Å²) in [5, 5.41) is 2.66. The molecule has 2 heterocycles. The Balaban J connectivity index is 1.32. The number of esters is 1. The first kappa shape index (κ1) is 24.0. The van der Waals surface area contributed by atoms with Crippen molar-refractivity contribution in [2.45, 2.75) is 37.5 Å². The molecule has 0 radical (unpaired) electrons. The van der Waals surface area contributed by atoms with E-state index in [0.717, 1.165) is 5.56 Å². The van der Waals surface area contributed by atoms with Gasteiger partial charge in [-0.2, -0.15) is 4.31 Å². The number of sulfonamides is 1. The van der Waals surface area contributed by atoms with E-state index in [4.69, 9.17) is 18.9 Å². The van der Waals surface area contributed by atoms with Gasteiger partial charge in [-0.05, 0) is 49.7 Å². The number of hydrogen-bond acceptors (Lipinski definition) is 8. The van der Waals surface area contributed by atoms with E-state index in [1.807, 2.05) is 13.8 Å². The van der Waals surface area contributed by atoms with Gasteiger partial charge in [0, 0.05) is 19.6 Å². The van der Waals surface area contributed by atoms with E-state index in [2.05, 4.69) is 5.32 Å². The van der Waals surface area contributed by atoms with Crippen LogP contribution in [0.5, 0.6) is 11.5 Å². The number of hydrogen-bond donors (Lipinski definition) is 1. The first-order valence-electron chi connectivity index (χ1n) is 10.8. The lowest BCUT2D eigenvalue weighted by atomic mass is 10.2. The summed E-state index contributed by atoms with van der Waals surface area (Å²) >= 11 is 0. The van der Waals surface area contributed by atoms with Crippen LogP contribution in [0.4, 0.5) is 0 Å². The van der Waals surface area contributed by atoms with Gasteiger partial charge in [-0.15, -0.1) is 0 Å². The van der Waals surface area contributed by atoms with Crippen LogP contribution in [0.3, 0.4) is 0 Å². The minimum Gasteiger partial charge on any atom is -0.454 e. The highest BCUT2D eigenvalue weighted by Crippen LogP contribution is 2.32. The second-order valence-corrected chi connectivity index (χ2v) is 10.1. The van der Waals surface area contributed by atoms with Gasteiger partial charge in [0.15, 0.2) is 18.1 Å². The van der Waals surface area contributed by atoms with Gasteiger partial charge in [-0.1, -0.05) is 12.1 Å². The number of morpholine rings is 1. The van der Waals surface area contributed by atoms with E-state index in [0.29, 0.717) is 11.5 Å². The molecule has 0 saturated carbocycles. The van der Waals surface area contributed by atoms with Gasteiger partial charge in [-0.3, -0.25) is 4.79 Å². The summed E-state index contributed by atoms with van der Waals surface area (Å²) < 4.78 is 48.7. The maximum atomic E-state index is 13.0. The SMILES string of the molecule is CC1CN(S(=O)(=O)c2cccc(C(=O)OCC(=O)NCc3ccc4c(c3)OCO4)c2)CC(C)O1. The largest absolute Gasteiger partial charge is 0.454 e. The predicted octanol–water partition coefficient (Wildman–Crippen LogP) is 1.69. The molecule has 2 aliphatic rings. The molecular formula is C23H26N2O8S. The maximum Gasteiger partial charge on any atom is 0.338 e. The number of nitrogens with zero attached hydrogens (tertiary/aromatic N) is 1. The minimum absolute atomic E-state index is 0.0180. The molecule has 0 aliphatic carbocycles. The molecule has 0 spiro atoms. The van der Waals surface area contributed by atoms with E-state index in [1.165, 1.54) is 28.6 Å². The number of carbonyl (C=O) groups is 2. The van der Waals surface area contributed by atoms with Crippen molar-refractivity contribution in [2.75, 3.05) is 26.5 Å². The molecule has 2 aromatic carbocycles. The van der Waals surface area contributed by atoms with Gasteiger partial charge < -0.3 is 24.3 Å². The van der Waals surface area contributed by atoms with E-state index < -0.39 is 28.5 Å². The smallest absolute Gasteiger partial charge is 0.338 e. The van der Waals surface area contributed by atoms with E-state index in [-0.39, 0.29) is 49.1 Å². The van der Waals surface area contributed by atoms with Gasteiger partial charge in [0.2, 0.25) is 16.8 Å². The molecule has 1 saturated heterocycles. The predicted molar refractivity (Wildman–Crippen MR) is 120 cm³/mol. The number of carbonyl (C=O) groups excluding carboxylic acids is 2. The number of benzene rings is 2. The molecular weight excluding hydrogens is 464 g/mol. The highest BCUT2D eigenvalue weighted by Gasteiger charge is 2.32. The average Bonchev–Trinajstić information content (AvgIpc) is 3.28. The molecule has 11 heteroatoms. The zero-order valence-electron chi connectivity index (χ0n) is 18.9. The van der Waals surface area contributed by atoms with Crippen LogP contribution in [0.25, 0.3) is 0 Å². The van der Waals surface area contributed by atoms with Gasteiger partial charge in [-0.25, -0.2) is 13.2 Å². The highest BCUT2D eigenvalue weighted by atomic mass is 32.2. The quantitative estimate of drug-likeness (QED) is 0.582. The second kappa shape index (κ2) is 10.00. The Hall–Kier alpha value is -3.15. The fourth-order valence-corrected chi connectivity index (χ4v) is 5.41. The molecule has 2 unspecified atom stereocenters. The van der Waals surface area contributed by atoms with Crippen LogP contribution in [0.2, 0.25) is 0 Å². The van der Waals surface area contributed by atoms with Crippen LogP contribution in [0, 0.1) is 0 Å². The van der Waals surface area contributed by atoms with E-state index in [9.17, 15) is 18.0 Å². The normalized spacial score (nSPS) is 20.1. The van der Waals surface area contributed by atoms with Crippen molar-refractivity contribution in [3.05, 3.63) is 53.6 Å². The van der Waals surface area contributed by atoms with E-state index >= 15 is 0 Å². The van der Waals surface area contributed by atoms with Gasteiger partial charge in [0.25, 0.3) is 5.91 Å². The van der Waals surface area contributed by atoms with Crippen LogP contribution in [0.15, 0.2) is 47.4 Å². The van der Waals surface area contributed by atoms with Crippen molar-refractivity contribution in [3.8, 4) is 11.5 Å². The molecule has 1 N–H and O–H groups in total. The van der Waals surface area contributed by atoms with Crippen LogP contribution < -0.4 is 14.8 Å². The molecule has 2 atom stereocenters. The van der Waals surface area contributed by atoms with Crippen LogP contribution in [-0.4, -0.2) is 63.3 Å². The third-order valence-electron chi connectivity index (χ3n) is 5.35. The van der Waals surface area contributed by atoms with Gasteiger partial charge >= 0.3 is 5.97 Å². The fourth-order valence-electron chi connectivity index (χ4n) is 3.78. The Morgan fingerprint density at radius 1 is 1.06 bits per heavy atom. The molecule has 1 amide bonds. The first-order chi connectivity index (χ1) is 16.2. The second-order valence-electron chi connectivity index (χ2n) is 8.15. The summed E-state index contributed by atoms with van der Waals surface area (Å²) in [4.78, 5) is 24.6. The summed E-state index contributed by atoms with van der Waals surface area (Å²) in [7, 11) is -3.81. The molecule has 1 fully saturated rings. The number of fused-ring (bicyclic) bond motifs is 1. The lowest BCUT2D eigenvalue weighted by Gasteiger charge is -2.34. The van der Waals surface area contributed by atoms with Crippen molar-refractivity contribution >= 4 is 21.9 Å². The number of rotatable bonds is 7. The third-order valence-corrected chi connectivity index (χ3v) is 7.18. The maximum absolute atomic E-state index is 13.0. The summed E-state index contributed by atoms with van der Waals surface area (Å²) in [6, 6.07) is 10.9. The number of amides is 1. The molecule has 34 heavy (non-hydrogen) atoms. The van der Waals surface area contributed by atoms with Crippen molar-refractivity contribution in [1.82, 2.24) is 9.62 Å². The summed E-state index contributed by atoms with van der Waals surface area (Å²) in [5.74, 6) is -0.0371. The zero-order chi connectivity index (χ0) is 24.3. The molecule has 10 nitrogen and oxygen atoms in total. The van der Waals surface area contributed by atoms with E-state index in [1.54, 1.807) is 18.2 Å². The molecule has 2 aromatic rings. The minimum atomic E-state index is -3.81. The number of ether oxygens (including phenoxy) is 4. The standard InChI is InChI=1S/C23H26N2O8S/c1-15-11-25(12-16(2)33-15)34(28,29)19-5-3-4-18(9-19)23(27)30-13-22(26)24-10-17-6-7-20-21(8-17)32-14-31-20/h3-9,15-16H,10-14H2,1-2H3,(H,24,26). The average molecular weight is 491 g/mol. The molecule has 182 valence electrons. The van der Waals surface area contributed by atoms with Crippen molar-refractivity contribution in [1.29, 1.82) is 0 Å². The fraction of sp³-hybridized carbons (Fsp3) is 0.391. The summed E-state index contributed by atoms with van der Waals surface area (Å²) in [6.07, 6.45) is -0.467. The third kappa shape index (κ3) is 5.49. The van der Waals surface area contributed by atoms with Crippen LogP contribution >= 0.6 is 0 Å². The Bertz CT molecular complexity index is 1170. The van der Waals surface area contributed by atoms with Crippen molar-refractivity contribution in [3.63, 3.8) is 0 Å². The lowest BCUT2D eigenvalue weighted by molar-refractivity contribution is -0.124. The monoisotopic (exact) mass is 490 g/mol. The summed E-state index contributed by atoms with van der Waals surface area (Å²) in [6.45, 7) is 3.95. The number of nitrogens with one attached hydrogen (secondary N) is 1. The summed E-state index contributed by atoms with van der Waals surface area (Å²) in [5.41, 5.74) is 0.840. The van der Waals surface area contributed by atoms with Crippen LogP contribution in [-0.2, 0) is 30.8 Å². The highest BCUT2D eigenvalue weighted by molar-refractivity contribution is 7.89. The van der Waals surface area contributed by atoms with Crippen LogP contribution in [0.1, 0.15) is 29.8 Å².